The Kier molecular flexibility index (Phi) is 8.01. The minimum atomic E-state index is -0.776. The zero-order chi connectivity index (χ0) is 23.0. The van der Waals surface area contributed by atoms with Gasteiger partial charge < -0.3 is 23.8 Å². The summed E-state index contributed by atoms with van der Waals surface area (Å²) in [6.07, 6.45) is -0.776. The summed E-state index contributed by atoms with van der Waals surface area (Å²) in [7, 11) is 2.63. The molecule has 0 aliphatic heterocycles. The number of nitrogens with zero attached hydrogens (tertiary/aromatic N) is 1. The Hall–Kier alpha value is -3.55. The molecule has 0 aliphatic rings. The van der Waals surface area contributed by atoms with Crippen LogP contribution in [0.2, 0.25) is 0 Å². The van der Waals surface area contributed by atoms with Crippen molar-refractivity contribution in [2.45, 2.75) is 39.9 Å². The van der Waals surface area contributed by atoms with Gasteiger partial charge in [0.1, 0.15) is 30.8 Å². The van der Waals surface area contributed by atoms with E-state index in [0.717, 1.165) is 11.1 Å². The molecule has 2 rings (SSSR count). The molecule has 0 heterocycles. The van der Waals surface area contributed by atoms with Gasteiger partial charge in [0.15, 0.2) is 5.71 Å². The first-order valence-electron chi connectivity index (χ1n) is 9.56. The van der Waals surface area contributed by atoms with E-state index >= 15 is 0 Å². The number of hydrogen-bond acceptors (Lipinski definition) is 8. The number of methoxy groups -OCH3 is 1. The minimum Gasteiger partial charge on any atom is -0.489 e. The molecule has 0 saturated heterocycles. The summed E-state index contributed by atoms with van der Waals surface area (Å²) >= 11 is 0. The van der Waals surface area contributed by atoms with E-state index in [2.05, 4.69) is 5.16 Å². The highest BCUT2D eigenvalue weighted by atomic mass is 16.7. The maximum atomic E-state index is 12.1. The maximum absolute atomic E-state index is 12.1. The topological polar surface area (TPSA) is 92.7 Å². The molecule has 0 aromatic heterocycles. The summed E-state index contributed by atoms with van der Waals surface area (Å²) in [6.45, 7) is 7.28. The van der Waals surface area contributed by atoms with Crippen molar-refractivity contribution in [3.05, 3.63) is 59.2 Å². The molecule has 2 aromatic rings. The predicted molar refractivity (Wildman–Crippen MR) is 114 cm³/mol. The number of oxime groups is 1. The lowest BCUT2D eigenvalue weighted by molar-refractivity contribution is -0.132. The van der Waals surface area contributed by atoms with Crippen LogP contribution in [-0.4, -0.2) is 37.7 Å². The molecule has 0 spiro atoms. The minimum absolute atomic E-state index is 0.0435. The normalized spacial score (nSPS) is 11.5. The van der Waals surface area contributed by atoms with Gasteiger partial charge in [0.25, 0.3) is 0 Å². The smallest absolute Gasteiger partial charge is 0.489 e. The molecule has 0 aliphatic carbocycles. The quantitative estimate of drug-likeness (QED) is 0.278. The summed E-state index contributed by atoms with van der Waals surface area (Å²) in [5, 5.41) is 3.79. The van der Waals surface area contributed by atoms with E-state index in [9.17, 15) is 9.59 Å². The van der Waals surface area contributed by atoms with Crippen LogP contribution in [-0.2, 0) is 25.7 Å². The van der Waals surface area contributed by atoms with E-state index in [1.54, 1.807) is 51.1 Å². The van der Waals surface area contributed by atoms with E-state index < -0.39 is 17.7 Å². The first kappa shape index (κ1) is 23.7. The van der Waals surface area contributed by atoms with Crippen LogP contribution in [0.1, 0.15) is 37.5 Å². The molecule has 0 saturated carbocycles. The zero-order valence-electron chi connectivity index (χ0n) is 18.6. The second kappa shape index (κ2) is 10.5. The number of aryl methyl sites for hydroxylation is 1. The number of carbonyl (C=O) groups is 2. The van der Waals surface area contributed by atoms with Crippen LogP contribution in [0.3, 0.4) is 0 Å². The third-order valence-corrected chi connectivity index (χ3v) is 3.95. The molecule has 0 N–H and O–H groups in total. The van der Waals surface area contributed by atoms with Crippen molar-refractivity contribution in [1.29, 1.82) is 0 Å². The van der Waals surface area contributed by atoms with Gasteiger partial charge >= 0.3 is 12.1 Å². The van der Waals surface area contributed by atoms with Gasteiger partial charge in [-0.15, -0.1) is 0 Å². The molecule has 2 aromatic carbocycles. The van der Waals surface area contributed by atoms with Crippen molar-refractivity contribution in [3.8, 4) is 11.5 Å². The van der Waals surface area contributed by atoms with Crippen molar-refractivity contribution < 1.29 is 33.4 Å². The van der Waals surface area contributed by atoms with Crippen LogP contribution in [0, 0.1) is 6.92 Å². The van der Waals surface area contributed by atoms with Crippen molar-refractivity contribution in [3.63, 3.8) is 0 Å². The average Bonchev–Trinajstić information content (AvgIpc) is 2.70. The number of hydrogen-bond donors (Lipinski definition) is 0. The SMILES string of the molecule is CO/N=C(/C(=O)OC)c1ccccc1COc1ccc(OC(=O)OC(C)(C)C)cc1C. The van der Waals surface area contributed by atoms with Gasteiger partial charge in [0.2, 0.25) is 0 Å². The lowest BCUT2D eigenvalue weighted by Crippen LogP contribution is -2.26. The van der Waals surface area contributed by atoms with Crippen LogP contribution in [0.4, 0.5) is 4.79 Å². The lowest BCUT2D eigenvalue weighted by Gasteiger charge is -2.19. The monoisotopic (exact) mass is 429 g/mol. The molecule has 166 valence electrons. The van der Waals surface area contributed by atoms with Crippen molar-refractivity contribution >= 4 is 17.8 Å². The highest BCUT2D eigenvalue weighted by molar-refractivity contribution is 6.43. The Morgan fingerprint density at radius 3 is 2.35 bits per heavy atom. The van der Waals surface area contributed by atoms with E-state index in [1.165, 1.54) is 14.2 Å². The Morgan fingerprint density at radius 1 is 1.03 bits per heavy atom. The molecular formula is C23H27NO7. The third kappa shape index (κ3) is 7.02. The highest BCUT2D eigenvalue weighted by Crippen LogP contribution is 2.25. The fraction of sp³-hybridized carbons (Fsp3) is 0.348. The summed E-state index contributed by atoms with van der Waals surface area (Å²) in [5.74, 6) is 0.323. The van der Waals surface area contributed by atoms with Crippen LogP contribution >= 0.6 is 0 Å². The first-order chi connectivity index (χ1) is 14.6. The fourth-order valence-corrected chi connectivity index (χ4v) is 2.63. The van der Waals surface area contributed by atoms with Crippen molar-refractivity contribution in [1.82, 2.24) is 0 Å². The van der Waals surface area contributed by atoms with Crippen LogP contribution in [0.15, 0.2) is 47.6 Å². The Labute approximate surface area is 181 Å². The second-order valence-electron chi connectivity index (χ2n) is 7.55. The number of carbonyl (C=O) groups excluding carboxylic acids is 2. The third-order valence-electron chi connectivity index (χ3n) is 3.95. The van der Waals surface area contributed by atoms with E-state index in [0.29, 0.717) is 17.1 Å². The standard InChI is InChI=1S/C23H27NO7/c1-15-13-17(30-22(26)31-23(2,3)4)11-12-19(15)29-14-16-9-7-8-10-18(16)20(24-28-6)21(25)27-5/h7-13H,14H2,1-6H3/b24-20+. The van der Waals surface area contributed by atoms with Gasteiger partial charge in [-0.3, -0.25) is 0 Å². The lowest BCUT2D eigenvalue weighted by atomic mass is 10.0. The molecule has 0 bridgehead atoms. The fourth-order valence-electron chi connectivity index (χ4n) is 2.63. The largest absolute Gasteiger partial charge is 0.514 e. The van der Waals surface area contributed by atoms with Gasteiger partial charge in [0.05, 0.1) is 7.11 Å². The van der Waals surface area contributed by atoms with Crippen molar-refractivity contribution in [2.24, 2.45) is 5.16 Å². The second-order valence-corrected chi connectivity index (χ2v) is 7.55. The van der Waals surface area contributed by atoms with E-state index in [4.69, 9.17) is 23.8 Å². The van der Waals surface area contributed by atoms with Crippen molar-refractivity contribution in [2.75, 3.05) is 14.2 Å². The van der Waals surface area contributed by atoms with Crippen LogP contribution in [0.25, 0.3) is 0 Å². The number of esters is 1. The number of rotatable bonds is 7. The Morgan fingerprint density at radius 2 is 1.74 bits per heavy atom. The summed E-state index contributed by atoms with van der Waals surface area (Å²) in [4.78, 5) is 28.7. The Balaban J connectivity index is 2.15. The molecule has 0 fully saturated rings. The molecule has 0 unspecified atom stereocenters. The number of benzene rings is 2. The molecule has 0 radical (unpaired) electrons. The molecule has 0 atom stereocenters. The van der Waals surface area contributed by atoms with Gasteiger partial charge in [0, 0.05) is 5.56 Å². The van der Waals surface area contributed by atoms with Gasteiger partial charge in [-0.25, -0.2) is 9.59 Å². The van der Waals surface area contributed by atoms with Gasteiger partial charge in [-0.2, -0.15) is 0 Å². The molecular weight excluding hydrogens is 402 g/mol. The summed E-state index contributed by atoms with van der Waals surface area (Å²) in [6, 6.07) is 12.1. The first-order valence-corrected chi connectivity index (χ1v) is 9.56. The maximum Gasteiger partial charge on any atom is 0.514 e. The zero-order valence-corrected chi connectivity index (χ0v) is 18.6. The molecule has 8 nitrogen and oxygen atoms in total. The Bertz CT molecular complexity index is 961. The van der Waals surface area contributed by atoms with Crippen LogP contribution < -0.4 is 9.47 Å². The molecule has 0 amide bonds. The van der Waals surface area contributed by atoms with Crippen LogP contribution in [0.5, 0.6) is 11.5 Å². The molecule has 8 heteroatoms. The highest BCUT2D eigenvalue weighted by Gasteiger charge is 2.20. The average molecular weight is 429 g/mol. The predicted octanol–water partition coefficient (Wildman–Crippen LogP) is 4.41. The van der Waals surface area contributed by atoms with Gasteiger partial charge in [-0.05, 0) is 57.0 Å². The summed E-state index contributed by atoms with van der Waals surface area (Å²) < 4.78 is 21.1. The van der Waals surface area contributed by atoms with E-state index in [1.807, 2.05) is 19.1 Å². The van der Waals surface area contributed by atoms with Gasteiger partial charge in [-0.1, -0.05) is 29.4 Å². The molecule has 31 heavy (non-hydrogen) atoms. The van der Waals surface area contributed by atoms with E-state index in [-0.39, 0.29) is 12.3 Å². The summed E-state index contributed by atoms with van der Waals surface area (Å²) in [5.41, 5.74) is 1.42. The number of ether oxygens (including phenoxy) is 4.